The maximum Gasteiger partial charge on any atom is 0.416 e. The molecule has 0 saturated heterocycles. The van der Waals surface area contributed by atoms with Gasteiger partial charge in [0.2, 0.25) is 0 Å². The summed E-state index contributed by atoms with van der Waals surface area (Å²) in [5, 5.41) is 3.90. The molecule has 0 saturated carbocycles. The predicted molar refractivity (Wildman–Crippen MR) is 129 cm³/mol. The lowest BCUT2D eigenvalue weighted by Gasteiger charge is -2.20. The fourth-order valence-corrected chi connectivity index (χ4v) is 4.34. The number of halogens is 10. The third-order valence-corrected chi connectivity index (χ3v) is 6.13. The number of carbonyl (C=O) groups excluding carboxylic acids is 2. The van der Waals surface area contributed by atoms with E-state index in [-0.39, 0.29) is 21.3 Å². The number of amides is 1. The molecule has 0 aliphatic rings. The molecule has 1 amide bonds. The van der Waals surface area contributed by atoms with Crippen LogP contribution in [0.1, 0.15) is 31.8 Å². The molecule has 3 aromatic carbocycles. The second-order valence-corrected chi connectivity index (χ2v) is 9.00. The van der Waals surface area contributed by atoms with Crippen LogP contribution in [0.3, 0.4) is 0 Å². The Morgan fingerprint density at radius 1 is 0.949 bits per heavy atom. The molecule has 5 nitrogen and oxygen atoms in total. The van der Waals surface area contributed by atoms with Crippen LogP contribution >= 0.6 is 27.5 Å². The monoisotopic (exact) mass is 644 g/mol. The molecule has 0 aliphatic carbocycles. The molecule has 0 fully saturated rings. The first-order chi connectivity index (χ1) is 18.0. The maximum atomic E-state index is 13.9. The van der Waals surface area contributed by atoms with Crippen LogP contribution in [-0.4, -0.2) is 31.5 Å². The summed E-state index contributed by atoms with van der Waals surface area (Å²) >= 11 is 9.06. The highest BCUT2D eigenvalue weighted by Gasteiger charge is 2.33. The average molecular weight is 646 g/mol. The van der Waals surface area contributed by atoms with Gasteiger partial charge in [-0.15, -0.1) is 0 Å². The summed E-state index contributed by atoms with van der Waals surface area (Å²) in [6, 6.07) is 4.58. The molecule has 3 rings (SSSR count). The number of rotatable bonds is 7. The Hall–Kier alpha value is -3.39. The number of ether oxygens (including phenoxy) is 1. The molecule has 0 aromatic heterocycles. The minimum atomic E-state index is -5.01. The number of hydrogen-bond acceptors (Lipinski definition) is 4. The lowest BCUT2D eigenvalue weighted by atomic mass is 9.99. The summed E-state index contributed by atoms with van der Waals surface area (Å²) < 4.78 is 111. The van der Waals surface area contributed by atoms with Gasteiger partial charge in [0.05, 0.1) is 39.1 Å². The fraction of sp³-hybridized carbons (Fsp3) is 0.167. The van der Waals surface area contributed by atoms with Gasteiger partial charge in [-0.3, -0.25) is 9.59 Å². The van der Waals surface area contributed by atoms with Crippen LogP contribution in [0.5, 0.6) is 5.75 Å². The first-order valence-corrected chi connectivity index (χ1v) is 11.6. The Kier molecular flexibility index (Phi) is 8.80. The molecule has 208 valence electrons. The largest absolute Gasteiger partial charge is 0.493 e. The fourth-order valence-electron chi connectivity index (χ4n) is 3.36. The minimum absolute atomic E-state index is 0.154. The quantitative estimate of drug-likeness (QED) is 0.203. The topological polar surface area (TPSA) is 67.4 Å². The normalized spacial score (nSPS) is 11.8. The van der Waals surface area contributed by atoms with Gasteiger partial charge in [0.25, 0.3) is 5.91 Å². The van der Waals surface area contributed by atoms with E-state index in [9.17, 15) is 44.7 Å². The zero-order valence-electron chi connectivity index (χ0n) is 19.3. The Balaban J connectivity index is 2.20. The van der Waals surface area contributed by atoms with E-state index in [1.54, 1.807) is 0 Å². The Bertz CT molecular complexity index is 1440. The second kappa shape index (κ2) is 11.4. The van der Waals surface area contributed by atoms with Crippen LogP contribution in [0.4, 0.5) is 46.5 Å². The van der Waals surface area contributed by atoms with Crippen LogP contribution < -0.4 is 15.4 Å². The van der Waals surface area contributed by atoms with E-state index in [1.165, 1.54) is 0 Å². The van der Waals surface area contributed by atoms with E-state index in [2.05, 4.69) is 21.2 Å². The van der Waals surface area contributed by atoms with Gasteiger partial charge in [-0.1, -0.05) is 11.6 Å². The lowest BCUT2D eigenvalue weighted by Crippen LogP contribution is -2.22. The molecule has 2 N–H and O–H groups in total. The lowest BCUT2D eigenvalue weighted by molar-refractivity contribution is -0.137. The summed E-state index contributed by atoms with van der Waals surface area (Å²) in [7, 11) is 1.06. The van der Waals surface area contributed by atoms with Gasteiger partial charge in [0.1, 0.15) is 18.2 Å². The third-order valence-electron chi connectivity index (χ3n) is 5.04. The molecule has 0 unspecified atom stereocenters. The smallest absolute Gasteiger partial charge is 0.416 e. The standard InChI is InChI=1S/C24H14BrClF8N2O3/c1-39-21-17(35-9-23(29,30)31)8-16(18(19(21)25)20(37)14-7-12(27)2-3-15(14)26)36-22(38)10-4-11(24(32,33)34)6-13(28)5-10/h2-8,35H,9H2,1H3,(H,36,38). The molecule has 15 heteroatoms. The molecule has 0 aliphatic heterocycles. The molecular weight excluding hydrogens is 632 g/mol. The number of nitrogens with one attached hydrogen (secondary N) is 2. The van der Waals surface area contributed by atoms with Crippen molar-refractivity contribution >= 4 is 50.6 Å². The summed E-state index contributed by atoms with van der Waals surface area (Å²) in [5.41, 5.74) is -4.16. The number of anilines is 2. The molecule has 0 radical (unpaired) electrons. The maximum absolute atomic E-state index is 13.9. The van der Waals surface area contributed by atoms with Gasteiger partial charge in [-0.25, -0.2) is 8.78 Å². The number of methoxy groups -OCH3 is 1. The molecule has 0 bridgehead atoms. The van der Waals surface area contributed by atoms with Crippen molar-refractivity contribution in [3.8, 4) is 5.75 Å². The molecule has 0 heterocycles. The molecule has 39 heavy (non-hydrogen) atoms. The summed E-state index contributed by atoms with van der Waals surface area (Å²) in [6.07, 6.45) is -9.72. The van der Waals surface area contributed by atoms with Crippen molar-refractivity contribution in [3.63, 3.8) is 0 Å². The van der Waals surface area contributed by atoms with Crippen molar-refractivity contribution in [2.75, 3.05) is 24.3 Å². The Labute approximate surface area is 228 Å². The highest BCUT2D eigenvalue weighted by molar-refractivity contribution is 9.10. The van der Waals surface area contributed by atoms with Crippen LogP contribution in [0.15, 0.2) is 46.9 Å². The van der Waals surface area contributed by atoms with E-state index in [0.29, 0.717) is 12.1 Å². The zero-order chi connectivity index (χ0) is 29.3. The molecule has 0 spiro atoms. The van der Waals surface area contributed by atoms with Gasteiger partial charge >= 0.3 is 12.4 Å². The van der Waals surface area contributed by atoms with Gasteiger partial charge in [0, 0.05) is 11.1 Å². The first-order valence-electron chi connectivity index (χ1n) is 10.4. The highest BCUT2D eigenvalue weighted by atomic mass is 79.9. The van der Waals surface area contributed by atoms with Crippen molar-refractivity contribution in [1.82, 2.24) is 0 Å². The predicted octanol–water partition coefficient (Wildman–Crippen LogP) is 7.87. The van der Waals surface area contributed by atoms with E-state index in [4.69, 9.17) is 16.3 Å². The van der Waals surface area contributed by atoms with Crippen molar-refractivity contribution in [3.05, 3.63) is 85.8 Å². The van der Waals surface area contributed by atoms with Crippen molar-refractivity contribution < 1.29 is 49.4 Å². The minimum Gasteiger partial charge on any atom is -0.493 e. The van der Waals surface area contributed by atoms with Gasteiger partial charge in [0.15, 0.2) is 11.5 Å². The van der Waals surface area contributed by atoms with E-state index >= 15 is 0 Å². The second-order valence-electron chi connectivity index (χ2n) is 7.80. The van der Waals surface area contributed by atoms with Crippen molar-refractivity contribution in [2.45, 2.75) is 12.4 Å². The molecule has 3 aromatic rings. The summed E-state index contributed by atoms with van der Waals surface area (Å²) in [6.45, 7) is -1.58. The summed E-state index contributed by atoms with van der Waals surface area (Å²) in [5.74, 6) is -5.00. The molecular formula is C24H14BrClF8N2O3. The number of carbonyl (C=O) groups is 2. The average Bonchev–Trinajstić information content (AvgIpc) is 2.82. The van der Waals surface area contributed by atoms with Gasteiger partial charge < -0.3 is 15.4 Å². The van der Waals surface area contributed by atoms with Crippen LogP contribution in [0.25, 0.3) is 0 Å². The van der Waals surface area contributed by atoms with E-state index in [1.807, 2.05) is 5.32 Å². The Morgan fingerprint density at radius 2 is 1.62 bits per heavy atom. The highest BCUT2D eigenvalue weighted by Crippen LogP contribution is 2.43. The Morgan fingerprint density at radius 3 is 2.21 bits per heavy atom. The van der Waals surface area contributed by atoms with Crippen LogP contribution in [0, 0.1) is 11.6 Å². The van der Waals surface area contributed by atoms with Crippen molar-refractivity contribution in [1.29, 1.82) is 0 Å². The summed E-state index contributed by atoms with van der Waals surface area (Å²) in [4.78, 5) is 26.3. The van der Waals surface area contributed by atoms with Crippen molar-refractivity contribution in [2.24, 2.45) is 0 Å². The number of alkyl halides is 6. The molecule has 0 atom stereocenters. The van der Waals surface area contributed by atoms with Crippen LogP contribution in [0.2, 0.25) is 5.02 Å². The van der Waals surface area contributed by atoms with E-state index in [0.717, 1.165) is 31.4 Å². The number of hydrogen-bond donors (Lipinski definition) is 2. The first kappa shape index (κ1) is 30.2. The van der Waals surface area contributed by atoms with Gasteiger partial charge in [-0.05, 0) is 58.4 Å². The zero-order valence-corrected chi connectivity index (χ0v) is 21.6. The third kappa shape index (κ3) is 7.18. The number of ketones is 1. The van der Waals surface area contributed by atoms with E-state index < -0.39 is 75.9 Å². The number of benzene rings is 3. The SMILES string of the molecule is COc1c(NCC(F)(F)F)cc(NC(=O)c2cc(F)cc(C(F)(F)F)c2)c(C(=O)c2cc(F)ccc2Cl)c1Br. The van der Waals surface area contributed by atoms with Gasteiger partial charge in [-0.2, -0.15) is 26.3 Å². The van der Waals surface area contributed by atoms with Crippen LogP contribution in [-0.2, 0) is 6.18 Å².